The van der Waals surface area contributed by atoms with Gasteiger partial charge in [-0.05, 0) is 6.92 Å². The van der Waals surface area contributed by atoms with E-state index in [0.717, 1.165) is 4.99 Å². The molecule has 1 amide bonds. The van der Waals surface area contributed by atoms with Crippen molar-refractivity contribution in [1.29, 1.82) is 0 Å². The highest BCUT2D eigenvalue weighted by Crippen LogP contribution is 1.75. The van der Waals surface area contributed by atoms with E-state index in [0.29, 0.717) is 0 Å². The first-order valence-corrected chi connectivity index (χ1v) is 4.05. The summed E-state index contributed by atoms with van der Waals surface area (Å²) in [6, 6.07) is 0. The highest BCUT2D eigenvalue weighted by molar-refractivity contribution is 7.80. The maximum atomic E-state index is 10.1. The Balaban J connectivity index is 0. The minimum absolute atomic E-state index is 0.0926. The average molecular weight is 190 g/mol. The number of rotatable bonds is 0. The van der Waals surface area contributed by atoms with Crippen molar-refractivity contribution in [2.24, 2.45) is 0 Å². The second-order valence-corrected chi connectivity index (χ2v) is 3.42. The van der Waals surface area contributed by atoms with E-state index in [4.69, 9.17) is 12.2 Å². The van der Waals surface area contributed by atoms with Crippen molar-refractivity contribution in [2.75, 3.05) is 28.2 Å². The lowest BCUT2D eigenvalue weighted by Crippen LogP contribution is -2.17. The summed E-state index contributed by atoms with van der Waals surface area (Å²) in [5.74, 6) is 0.0926. The van der Waals surface area contributed by atoms with Crippen LogP contribution in [0.3, 0.4) is 0 Å². The molecular weight excluding hydrogens is 172 g/mol. The van der Waals surface area contributed by atoms with E-state index in [1.54, 1.807) is 14.1 Å². The molecule has 0 rings (SSSR count). The minimum Gasteiger partial charge on any atom is -0.373 e. The lowest BCUT2D eigenvalue weighted by atomic mass is 10.7. The number of thiocarbonyl (C=S) groups is 1. The quantitative estimate of drug-likeness (QED) is 0.532. The van der Waals surface area contributed by atoms with Crippen LogP contribution < -0.4 is 0 Å². The lowest BCUT2D eigenvalue weighted by Gasteiger charge is -2.06. The van der Waals surface area contributed by atoms with Gasteiger partial charge in [0.25, 0.3) is 0 Å². The Kier molecular flexibility index (Phi) is 8.16. The lowest BCUT2D eigenvalue weighted by molar-refractivity contribution is -0.126. The molecule has 0 heterocycles. The third-order valence-electron chi connectivity index (χ3n) is 1.26. The Morgan fingerprint density at radius 3 is 1.17 bits per heavy atom. The van der Waals surface area contributed by atoms with Gasteiger partial charge in [-0.15, -0.1) is 0 Å². The van der Waals surface area contributed by atoms with E-state index in [1.165, 1.54) is 11.8 Å². The molecule has 0 aliphatic carbocycles. The fourth-order valence-electron chi connectivity index (χ4n) is 0. The molecule has 0 N–H and O–H groups in total. The van der Waals surface area contributed by atoms with Gasteiger partial charge in [0.05, 0.1) is 4.99 Å². The van der Waals surface area contributed by atoms with Crippen LogP contribution in [0.25, 0.3) is 0 Å². The molecule has 0 saturated carbocycles. The van der Waals surface area contributed by atoms with Gasteiger partial charge in [0.1, 0.15) is 0 Å². The molecule has 0 bridgehead atoms. The summed E-state index contributed by atoms with van der Waals surface area (Å²) in [5.41, 5.74) is 0. The topological polar surface area (TPSA) is 23.6 Å². The molecular formula is C8H18N2OS. The van der Waals surface area contributed by atoms with Crippen LogP contribution in [-0.4, -0.2) is 48.9 Å². The van der Waals surface area contributed by atoms with Crippen molar-refractivity contribution in [3.63, 3.8) is 0 Å². The van der Waals surface area contributed by atoms with Crippen molar-refractivity contribution in [3.8, 4) is 0 Å². The zero-order valence-electron chi connectivity index (χ0n) is 8.71. The Morgan fingerprint density at radius 1 is 1.00 bits per heavy atom. The number of hydrogen-bond acceptors (Lipinski definition) is 2. The molecule has 0 atom stereocenters. The number of nitrogens with zero attached hydrogens (tertiary/aromatic N) is 2. The van der Waals surface area contributed by atoms with Gasteiger partial charge in [0.2, 0.25) is 5.91 Å². The molecule has 0 aromatic heterocycles. The molecule has 3 nitrogen and oxygen atoms in total. The van der Waals surface area contributed by atoms with Crippen molar-refractivity contribution < 1.29 is 4.79 Å². The van der Waals surface area contributed by atoms with Crippen molar-refractivity contribution in [2.45, 2.75) is 13.8 Å². The van der Waals surface area contributed by atoms with Gasteiger partial charge in [-0.1, -0.05) is 12.2 Å². The molecule has 72 valence electrons. The minimum atomic E-state index is 0.0926. The third kappa shape index (κ3) is 12.1. The molecule has 4 heteroatoms. The predicted octanol–water partition coefficient (Wildman–Crippen LogP) is 0.990. The van der Waals surface area contributed by atoms with Crippen molar-refractivity contribution in [1.82, 2.24) is 9.80 Å². The van der Waals surface area contributed by atoms with E-state index in [2.05, 4.69) is 0 Å². The molecule has 0 aliphatic rings. The normalized spacial score (nSPS) is 7.83. The van der Waals surface area contributed by atoms with Crippen LogP contribution in [0.5, 0.6) is 0 Å². The molecule has 0 fully saturated rings. The predicted molar refractivity (Wildman–Crippen MR) is 56.3 cm³/mol. The summed E-state index contributed by atoms with van der Waals surface area (Å²) in [4.78, 5) is 14.4. The van der Waals surface area contributed by atoms with Gasteiger partial charge in [-0.3, -0.25) is 4.79 Å². The van der Waals surface area contributed by atoms with Gasteiger partial charge in [-0.2, -0.15) is 0 Å². The molecule has 0 saturated heterocycles. The Morgan fingerprint density at radius 2 is 1.17 bits per heavy atom. The van der Waals surface area contributed by atoms with Crippen LogP contribution in [0.4, 0.5) is 0 Å². The first-order valence-electron chi connectivity index (χ1n) is 3.64. The van der Waals surface area contributed by atoms with E-state index in [-0.39, 0.29) is 5.91 Å². The number of carbonyl (C=O) groups is 1. The van der Waals surface area contributed by atoms with Crippen LogP contribution >= 0.6 is 12.2 Å². The zero-order valence-corrected chi connectivity index (χ0v) is 9.53. The van der Waals surface area contributed by atoms with E-state index >= 15 is 0 Å². The highest BCUT2D eigenvalue weighted by Gasteiger charge is 1.87. The summed E-state index contributed by atoms with van der Waals surface area (Å²) in [7, 11) is 7.31. The molecule has 0 aromatic rings. The first kappa shape index (κ1) is 13.9. The Hall–Kier alpha value is -0.640. The van der Waals surface area contributed by atoms with Gasteiger partial charge < -0.3 is 9.80 Å². The molecule has 0 radical (unpaired) electrons. The molecule has 12 heavy (non-hydrogen) atoms. The Labute approximate surface area is 80.3 Å². The summed E-state index contributed by atoms with van der Waals surface area (Å²) >= 11 is 4.75. The summed E-state index contributed by atoms with van der Waals surface area (Å²) in [5, 5.41) is 0. The maximum Gasteiger partial charge on any atom is 0.218 e. The smallest absolute Gasteiger partial charge is 0.218 e. The molecule has 0 aliphatic heterocycles. The monoisotopic (exact) mass is 190 g/mol. The largest absolute Gasteiger partial charge is 0.373 e. The standard InChI is InChI=1S/C4H9NO.C4H9NS/c2*1-4(6)5(2)3/h2*1-3H3. The maximum absolute atomic E-state index is 10.1. The number of hydrogen-bond donors (Lipinski definition) is 0. The second kappa shape index (κ2) is 7.03. The van der Waals surface area contributed by atoms with Gasteiger partial charge in [0, 0.05) is 35.1 Å². The molecule has 0 unspecified atom stereocenters. The van der Waals surface area contributed by atoms with E-state index < -0.39 is 0 Å². The number of carbonyl (C=O) groups excluding carboxylic acids is 1. The summed E-state index contributed by atoms with van der Waals surface area (Å²) < 4.78 is 0. The van der Waals surface area contributed by atoms with Crippen LogP contribution in [0, 0.1) is 0 Å². The summed E-state index contributed by atoms with van der Waals surface area (Å²) in [6.45, 7) is 3.43. The highest BCUT2D eigenvalue weighted by atomic mass is 32.1. The molecule has 0 spiro atoms. The third-order valence-corrected chi connectivity index (χ3v) is 1.62. The van der Waals surface area contributed by atoms with E-state index in [9.17, 15) is 4.79 Å². The first-order chi connectivity index (χ1) is 5.29. The number of amides is 1. The van der Waals surface area contributed by atoms with Crippen molar-refractivity contribution in [3.05, 3.63) is 0 Å². The van der Waals surface area contributed by atoms with Gasteiger partial charge in [0.15, 0.2) is 0 Å². The average Bonchev–Trinajstić information content (AvgIpc) is 1.88. The Bertz CT molecular complexity index is 137. The second-order valence-electron chi connectivity index (χ2n) is 2.83. The summed E-state index contributed by atoms with van der Waals surface area (Å²) in [6.07, 6.45) is 0. The van der Waals surface area contributed by atoms with Crippen LogP contribution in [-0.2, 0) is 4.79 Å². The molecule has 0 aromatic carbocycles. The van der Waals surface area contributed by atoms with Crippen LogP contribution in [0.15, 0.2) is 0 Å². The van der Waals surface area contributed by atoms with Crippen molar-refractivity contribution >= 4 is 23.1 Å². The zero-order chi connectivity index (χ0) is 10.3. The SMILES string of the molecule is CC(=O)N(C)C.CC(=S)N(C)C. The van der Waals surface area contributed by atoms with Gasteiger partial charge in [-0.25, -0.2) is 0 Å². The fraction of sp³-hybridized carbons (Fsp3) is 0.750. The van der Waals surface area contributed by atoms with Crippen LogP contribution in [0.2, 0.25) is 0 Å². The fourth-order valence-corrected chi connectivity index (χ4v) is 0. The van der Waals surface area contributed by atoms with Gasteiger partial charge >= 0.3 is 0 Å². The van der Waals surface area contributed by atoms with E-state index in [1.807, 2.05) is 25.9 Å². The van der Waals surface area contributed by atoms with Crippen LogP contribution in [0.1, 0.15) is 13.8 Å².